The number of carbonyl (C=O) groups is 1. The highest BCUT2D eigenvalue weighted by Gasteiger charge is 2.50. The lowest BCUT2D eigenvalue weighted by molar-refractivity contribution is -0.115. The number of amides is 1. The summed E-state index contributed by atoms with van der Waals surface area (Å²) in [5.41, 5.74) is 2.09. The first-order valence-electron chi connectivity index (χ1n) is 23.6. The van der Waals surface area contributed by atoms with Crippen molar-refractivity contribution in [1.82, 2.24) is 9.97 Å². The Morgan fingerprint density at radius 2 is 1.03 bits per heavy atom. The molecule has 1 unspecified atom stereocenters. The largest absolute Gasteiger partial charge is 0.471 e. The van der Waals surface area contributed by atoms with Gasteiger partial charge in [0.25, 0.3) is 0 Å². The van der Waals surface area contributed by atoms with Gasteiger partial charge in [0.1, 0.15) is 24.3 Å². The summed E-state index contributed by atoms with van der Waals surface area (Å²) in [7, 11) is -9.82. The summed E-state index contributed by atoms with van der Waals surface area (Å²) < 4.78 is 42.7. The molecular formula is C50H87ClN4O7Si4. The van der Waals surface area contributed by atoms with Crippen LogP contribution in [0.2, 0.25) is 72.5 Å². The van der Waals surface area contributed by atoms with Crippen LogP contribution in [0.1, 0.15) is 101 Å². The molecule has 0 aliphatic carbocycles. The molecule has 0 fully saturated rings. The quantitative estimate of drug-likeness (QED) is 0.0743. The second kappa shape index (κ2) is 22.4. The molecule has 0 aliphatic heterocycles. The predicted molar refractivity (Wildman–Crippen MR) is 285 cm³/mol. The van der Waals surface area contributed by atoms with Crippen LogP contribution in [0.25, 0.3) is 0 Å². The third kappa shape index (κ3) is 16.2. The van der Waals surface area contributed by atoms with Crippen LogP contribution in [0.3, 0.4) is 0 Å². The van der Waals surface area contributed by atoms with Crippen molar-refractivity contribution >= 4 is 62.3 Å². The van der Waals surface area contributed by atoms with Crippen LogP contribution < -0.4 is 20.1 Å². The Bertz CT molecular complexity index is 2000. The molecule has 0 radical (unpaired) electrons. The Labute approximate surface area is 409 Å². The molecule has 2 N–H and O–H groups in total. The highest BCUT2D eigenvalue weighted by molar-refractivity contribution is 6.75. The molecule has 1 aromatic heterocycles. The summed E-state index contributed by atoms with van der Waals surface area (Å²) in [4.78, 5) is 23.2. The van der Waals surface area contributed by atoms with Crippen molar-refractivity contribution in [2.45, 2.75) is 199 Å². The molecule has 1 amide bonds. The predicted octanol–water partition coefficient (Wildman–Crippen LogP) is 13.8. The molecule has 3 aromatic rings. The van der Waals surface area contributed by atoms with Crippen LogP contribution in [0.15, 0.2) is 60.7 Å². The third-order valence-electron chi connectivity index (χ3n) is 14.3. The van der Waals surface area contributed by atoms with E-state index in [1.807, 2.05) is 60.7 Å². The van der Waals surface area contributed by atoms with Gasteiger partial charge >= 0.3 is 6.01 Å². The van der Waals surface area contributed by atoms with Gasteiger partial charge in [-0.05, 0) is 90.6 Å². The van der Waals surface area contributed by atoms with E-state index in [9.17, 15) is 4.79 Å². The van der Waals surface area contributed by atoms with Crippen LogP contribution in [0.5, 0.6) is 11.9 Å². The zero-order valence-corrected chi connectivity index (χ0v) is 49.3. The normalized spacial score (nSPS) is 15.4. The Kier molecular flexibility index (Phi) is 19.6. The van der Waals surface area contributed by atoms with Gasteiger partial charge in [0.05, 0.1) is 24.9 Å². The Balaban J connectivity index is 2.37. The third-order valence-corrected chi connectivity index (χ3v) is 32.4. The number of hydrogen-bond acceptors (Lipinski definition) is 10. The lowest BCUT2D eigenvalue weighted by Crippen LogP contribution is -2.61. The standard InChI is InChI=1S/C50H87ClN4O7Si4/c1-36(51)44(56)53-41-43(54-46(58-34-38-30-26-23-27-31-38)55-45(41)57-33-37-28-24-22-25-29-37)52-32-39(60-64(16,17)48(5,6)7)42(62-66(20,21)50(11,12)13)40(61-65(18,19)49(8,9)10)35-59-63(14,15)47(2,3)4/h22-31,36,39-40,42H,32-35H2,1-21H3,(H,53,56)(H,52,54,55)/t36?,39-,40+,42-/m0/s1. The smallest absolute Gasteiger partial charge is 0.322 e. The Morgan fingerprint density at radius 1 is 0.606 bits per heavy atom. The van der Waals surface area contributed by atoms with Gasteiger partial charge < -0.3 is 37.8 Å². The van der Waals surface area contributed by atoms with Crippen molar-refractivity contribution in [3.63, 3.8) is 0 Å². The number of alkyl halides is 1. The number of nitrogens with one attached hydrogen (secondary N) is 2. The number of carbonyl (C=O) groups excluding carboxylic acids is 1. The van der Waals surface area contributed by atoms with E-state index in [-0.39, 0.29) is 63.3 Å². The maximum atomic E-state index is 13.5. The molecule has 16 heteroatoms. The molecule has 372 valence electrons. The minimum atomic E-state index is -2.55. The average Bonchev–Trinajstić information content (AvgIpc) is 3.18. The fourth-order valence-corrected chi connectivity index (χ4v) is 10.7. The fourth-order valence-electron chi connectivity index (χ4n) is 5.64. The molecular weight excluding hydrogens is 916 g/mol. The van der Waals surface area contributed by atoms with Crippen molar-refractivity contribution in [2.24, 2.45) is 0 Å². The first kappa shape index (κ1) is 57.7. The number of anilines is 2. The summed E-state index contributed by atoms with van der Waals surface area (Å²) in [5.74, 6) is -0.0244. The molecule has 0 spiro atoms. The summed E-state index contributed by atoms with van der Waals surface area (Å²) in [5, 5.41) is 5.36. The summed E-state index contributed by atoms with van der Waals surface area (Å²) >= 11 is 6.41. The van der Waals surface area contributed by atoms with E-state index in [0.29, 0.717) is 6.61 Å². The van der Waals surface area contributed by atoms with E-state index >= 15 is 0 Å². The molecule has 1 heterocycles. The number of benzene rings is 2. The molecule has 3 rings (SSSR count). The first-order valence-corrected chi connectivity index (χ1v) is 35.7. The number of nitrogens with zero attached hydrogens (tertiary/aromatic N) is 2. The SMILES string of the molecule is CC(Cl)C(=O)Nc1c(NC[C@H](O[Si](C)(C)C(C)(C)C)[C@H](O[Si](C)(C)C(C)(C)C)[C@@H](CO[Si](C)(C)C(C)(C)C)O[Si](C)(C)C(C)(C)C)nc(OCc2ccccc2)nc1OCc1ccccc1. The highest BCUT2D eigenvalue weighted by atomic mass is 35.5. The Hall–Kier alpha value is -2.61. The lowest BCUT2D eigenvalue weighted by Gasteiger charge is -2.49. The molecule has 4 atom stereocenters. The minimum absolute atomic E-state index is 0.0299. The molecule has 66 heavy (non-hydrogen) atoms. The maximum Gasteiger partial charge on any atom is 0.322 e. The molecule has 0 bridgehead atoms. The zero-order valence-electron chi connectivity index (χ0n) is 44.5. The maximum absolute atomic E-state index is 13.5. The van der Waals surface area contributed by atoms with Gasteiger partial charge in [-0.25, -0.2) is 0 Å². The van der Waals surface area contributed by atoms with E-state index in [0.717, 1.165) is 11.1 Å². The van der Waals surface area contributed by atoms with E-state index < -0.39 is 62.9 Å². The number of rotatable bonds is 22. The van der Waals surface area contributed by atoms with E-state index in [1.165, 1.54) is 0 Å². The van der Waals surface area contributed by atoms with Gasteiger partial charge in [0, 0.05) is 6.54 Å². The van der Waals surface area contributed by atoms with Gasteiger partial charge in [0.15, 0.2) is 39.1 Å². The first-order chi connectivity index (χ1) is 30.0. The number of hydrogen-bond donors (Lipinski definition) is 2. The average molecular weight is 1000 g/mol. The van der Waals surface area contributed by atoms with Crippen LogP contribution >= 0.6 is 11.6 Å². The fraction of sp³-hybridized carbons (Fsp3) is 0.660. The van der Waals surface area contributed by atoms with Crippen molar-refractivity contribution < 1.29 is 32.0 Å². The zero-order chi connectivity index (χ0) is 50.3. The van der Waals surface area contributed by atoms with E-state index in [1.54, 1.807) is 6.92 Å². The number of aromatic nitrogens is 2. The minimum Gasteiger partial charge on any atom is -0.471 e. The van der Waals surface area contributed by atoms with Crippen LogP contribution in [0.4, 0.5) is 11.5 Å². The lowest BCUT2D eigenvalue weighted by atomic mass is 10.1. The topological polar surface area (TPSA) is 122 Å². The van der Waals surface area contributed by atoms with Crippen LogP contribution in [-0.4, -0.2) is 86.0 Å². The summed E-state index contributed by atoms with van der Waals surface area (Å²) in [6, 6.07) is 19.7. The van der Waals surface area contributed by atoms with Gasteiger partial charge in [-0.15, -0.1) is 11.6 Å². The van der Waals surface area contributed by atoms with Gasteiger partial charge in [0.2, 0.25) is 11.8 Å². The van der Waals surface area contributed by atoms with Gasteiger partial charge in [-0.1, -0.05) is 144 Å². The second-order valence-electron chi connectivity index (χ2n) is 23.8. The second-order valence-corrected chi connectivity index (χ2v) is 43.5. The van der Waals surface area contributed by atoms with Gasteiger partial charge in [-0.2, -0.15) is 9.97 Å². The van der Waals surface area contributed by atoms with Crippen molar-refractivity contribution in [3.05, 3.63) is 71.8 Å². The van der Waals surface area contributed by atoms with Crippen LogP contribution in [-0.2, 0) is 35.7 Å². The Morgan fingerprint density at radius 3 is 1.47 bits per heavy atom. The van der Waals surface area contributed by atoms with Crippen molar-refractivity contribution in [2.75, 3.05) is 23.8 Å². The molecule has 2 aromatic carbocycles. The van der Waals surface area contributed by atoms with Crippen LogP contribution in [0, 0.1) is 0 Å². The number of ether oxygens (including phenoxy) is 2. The molecule has 0 aliphatic rings. The van der Waals surface area contributed by atoms with Crippen molar-refractivity contribution in [1.29, 1.82) is 0 Å². The molecule has 11 nitrogen and oxygen atoms in total. The van der Waals surface area contributed by atoms with E-state index in [2.05, 4.69) is 146 Å². The monoisotopic (exact) mass is 1000 g/mol. The number of halogens is 1. The summed E-state index contributed by atoms with van der Waals surface area (Å²) in [6.45, 7) is 47.9. The van der Waals surface area contributed by atoms with Crippen molar-refractivity contribution in [3.8, 4) is 11.9 Å². The molecule has 0 saturated carbocycles. The van der Waals surface area contributed by atoms with E-state index in [4.69, 9.17) is 48.7 Å². The summed E-state index contributed by atoms with van der Waals surface area (Å²) in [6.07, 6.45) is -1.63. The van der Waals surface area contributed by atoms with Gasteiger partial charge in [-0.3, -0.25) is 4.79 Å². The molecule has 0 saturated heterocycles. The highest BCUT2D eigenvalue weighted by Crippen LogP contribution is 2.45.